The second-order valence-corrected chi connectivity index (χ2v) is 5.34. The molecular formula is C14H17FN2O2S. The topological polar surface area (TPSA) is 64.4 Å². The number of thiocarbonyl (C=S) groups is 1. The summed E-state index contributed by atoms with van der Waals surface area (Å²) in [7, 11) is 0. The highest BCUT2D eigenvalue weighted by Crippen LogP contribution is 2.19. The van der Waals surface area contributed by atoms with E-state index in [1.165, 1.54) is 6.07 Å². The van der Waals surface area contributed by atoms with E-state index in [1.54, 1.807) is 12.1 Å². The first kappa shape index (κ1) is 14.9. The lowest BCUT2D eigenvalue weighted by Gasteiger charge is -2.12. The number of benzene rings is 1. The zero-order valence-corrected chi connectivity index (χ0v) is 12.0. The number of nitrogens with one attached hydrogen (secondary N) is 1. The second kappa shape index (κ2) is 6.28. The third-order valence-corrected chi connectivity index (χ3v) is 3.55. The molecule has 0 aliphatic carbocycles. The van der Waals surface area contributed by atoms with Crippen LogP contribution >= 0.6 is 12.2 Å². The van der Waals surface area contributed by atoms with Gasteiger partial charge in [-0.25, -0.2) is 4.39 Å². The van der Waals surface area contributed by atoms with Crippen LogP contribution < -0.4 is 11.1 Å². The van der Waals surface area contributed by atoms with Gasteiger partial charge in [-0.15, -0.1) is 0 Å². The molecule has 1 heterocycles. The van der Waals surface area contributed by atoms with E-state index in [1.807, 2.05) is 6.92 Å². The molecule has 1 aromatic carbocycles. The molecule has 2 rings (SSSR count). The van der Waals surface area contributed by atoms with Gasteiger partial charge in [0.2, 0.25) is 5.91 Å². The Morgan fingerprint density at radius 2 is 2.30 bits per heavy atom. The van der Waals surface area contributed by atoms with Gasteiger partial charge in [-0.2, -0.15) is 0 Å². The Morgan fingerprint density at radius 3 is 2.85 bits per heavy atom. The number of amides is 1. The molecule has 1 amide bonds. The Bertz CT molecular complexity index is 536. The summed E-state index contributed by atoms with van der Waals surface area (Å²) >= 11 is 4.78. The molecule has 0 aromatic heterocycles. The first-order valence-corrected chi connectivity index (χ1v) is 6.89. The summed E-state index contributed by atoms with van der Waals surface area (Å²) in [5, 5.41) is 2.68. The smallest absolute Gasteiger partial charge is 0.249 e. The maximum Gasteiger partial charge on any atom is 0.249 e. The van der Waals surface area contributed by atoms with Gasteiger partial charge in [-0.3, -0.25) is 4.79 Å². The number of ether oxygens (including phenoxy) is 1. The van der Waals surface area contributed by atoms with Crippen LogP contribution in [0.1, 0.15) is 30.9 Å². The van der Waals surface area contributed by atoms with Crippen LogP contribution in [0.3, 0.4) is 0 Å². The number of hydrogen-bond donors (Lipinski definition) is 2. The Kier molecular flexibility index (Phi) is 4.67. The number of hydrogen-bond acceptors (Lipinski definition) is 3. The first-order valence-electron chi connectivity index (χ1n) is 6.48. The van der Waals surface area contributed by atoms with Crippen molar-refractivity contribution >= 4 is 23.1 Å². The average molecular weight is 296 g/mol. The van der Waals surface area contributed by atoms with Crippen molar-refractivity contribution in [2.24, 2.45) is 5.73 Å². The van der Waals surface area contributed by atoms with Gasteiger partial charge in [0.05, 0.1) is 6.10 Å². The first-order chi connectivity index (χ1) is 9.47. The van der Waals surface area contributed by atoms with Crippen molar-refractivity contribution < 1.29 is 13.9 Å². The summed E-state index contributed by atoms with van der Waals surface area (Å²) in [6.45, 7) is 2.05. The highest BCUT2D eigenvalue weighted by molar-refractivity contribution is 7.80. The van der Waals surface area contributed by atoms with Crippen molar-refractivity contribution in [3.63, 3.8) is 0 Å². The lowest BCUT2D eigenvalue weighted by atomic mass is 10.1. The summed E-state index contributed by atoms with van der Waals surface area (Å²) in [6, 6.07) is 4.49. The standard InChI is InChI=1S/C14H17FN2O2S/c1-8-2-5-12(19-8)14(18)17-7-10-4-3-9(13(16)20)6-11(10)15/h3-4,6,8,12H,2,5,7H2,1H3,(H2,16,20)(H,17,18). The lowest BCUT2D eigenvalue weighted by molar-refractivity contribution is -0.131. The Hall–Kier alpha value is -1.53. The fourth-order valence-electron chi connectivity index (χ4n) is 2.14. The van der Waals surface area contributed by atoms with Gasteiger partial charge in [0.15, 0.2) is 0 Å². The maximum absolute atomic E-state index is 13.8. The van der Waals surface area contributed by atoms with Crippen LogP contribution in [-0.2, 0) is 16.1 Å². The highest BCUT2D eigenvalue weighted by Gasteiger charge is 2.27. The molecule has 4 nitrogen and oxygen atoms in total. The summed E-state index contributed by atoms with van der Waals surface area (Å²) in [5.74, 6) is -0.636. The fraction of sp³-hybridized carbons (Fsp3) is 0.429. The van der Waals surface area contributed by atoms with E-state index in [4.69, 9.17) is 22.7 Å². The van der Waals surface area contributed by atoms with E-state index >= 15 is 0 Å². The lowest BCUT2D eigenvalue weighted by Crippen LogP contribution is -2.34. The predicted molar refractivity (Wildman–Crippen MR) is 77.7 cm³/mol. The number of rotatable bonds is 4. The van der Waals surface area contributed by atoms with E-state index in [2.05, 4.69) is 5.32 Å². The molecule has 6 heteroatoms. The van der Waals surface area contributed by atoms with Crippen LogP contribution in [0.2, 0.25) is 0 Å². The fourth-order valence-corrected chi connectivity index (χ4v) is 2.26. The van der Waals surface area contributed by atoms with Gasteiger partial charge in [-0.1, -0.05) is 24.4 Å². The Labute approximate surface area is 122 Å². The number of carbonyl (C=O) groups is 1. The number of halogens is 1. The van der Waals surface area contributed by atoms with Crippen molar-refractivity contribution in [3.05, 3.63) is 35.1 Å². The van der Waals surface area contributed by atoms with Gasteiger partial charge < -0.3 is 15.8 Å². The van der Waals surface area contributed by atoms with E-state index in [0.29, 0.717) is 17.5 Å². The normalized spacial score (nSPS) is 21.7. The molecule has 0 saturated carbocycles. The van der Waals surface area contributed by atoms with E-state index < -0.39 is 11.9 Å². The highest BCUT2D eigenvalue weighted by atomic mass is 32.1. The van der Waals surface area contributed by atoms with Crippen LogP contribution in [0, 0.1) is 5.82 Å². The minimum atomic E-state index is -0.434. The largest absolute Gasteiger partial charge is 0.389 e. The molecule has 2 unspecified atom stereocenters. The van der Waals surface area contributed by atoms with Crippen molar-refractivity contribution in [1.29, 1.82) is 0 Å². The molecular weight excluding hydrogens is 279 g/mol. The third-order valence-electron chi connectivity index (χ3n) is 3.32. The Morgan fingerprint density at radius 1 is 1.55 bits per heavy atom. The summed E-state index contributed by atoms with van der Waals surface area (Å²) in [6.07, 6.45) is 1.25. The quantitative estimate of drug-likeness (QED) is 0.829. The zero-order chi connectivity index (χ0) is 14.7. The predicted octanol–water partition coefficient (Wildman–Crippen LogP) is 1.64. The van der Waals surface area contributed by atoms with Gasteiger partial charge in [0.1, 0.15) is 16.9 Å². The molecule has 1 fully saturated rings. The molecule has 1 saturated heterocycles. The summed E-state index contributed by atoms with van der Waals surface area (Å²) in [5.41, 5.74) is 6.29. The van der Waals surface area contributed by atoms with Gasteiger partial charge in [0, 0.05) is 17.7 Å². The van der Waals surface area contributed by atoms with Crippen LogP contribution in [-0.4, -0.2) is 23.1 Å². The van der Waals surface area contributed by atoms with E-state index in [0.717, 1.165) is 6.42 Å². The van der Waals surface area contributed by atoms with Crippen LogP contribution in [0.4, 0.5) is 4.39 Å². The molecule has 0 spiro atoms. The molecule has 1 aliphatic heterocycles. The molecule has 20 heavy (non-hydrogen) atoms. The average Bonchev–Trinajstić information content (AvgIpc) is 2.83. The van der Waals surface area contributed by atoms with Crippen molar-refractivity contribution in [1.82, 2.24) is 5.32 Å². The van der Waals surface area contributed by atoms with Gasteiger partial charge >= 0.3 is 0 Å². The second-order valence-electron chi connectivity index (χ2n) is 4.90. The van der Waals surface area contributed by atoms with Crippen molar-refractivity contribution in [2.45, 2.75) is 38.5 Å². The molecule has 3 N–H and O–H groups in total. The van der Waals surface area contributed by atoms with Gasteiger partial charge in [0.25, 0.3) is 0 Å². The SMILES string of the molecule is CC1CCC(C(=O)NCc2ccc(C(N)=S)cc2F)O1. The minimum absolute atomic E-state index is 0.104. The number of carbonyl (C=O) groups excluding carboxylic acids is 1. The molecule has 2 atom stereocenters. The van der Waals surface area contributed by atoms with Crippen LogP contribution in [0.25, 0.3) is 0 Å². The molecule has 1 aliphatic rings. The van der Waals surface area contributed by atoms with Crippen LogP contribution in [0.5, 0.6) is 0 Å². The van der Waals surface area contributed by atoms with Crippen molar-refractivity contribution in [2.75, 3.05) is 0 Å². The summed E-state index contributed by atoms with van der Waals surface area (Å²) in [4.78, 5) is 12.0. The third kappa shape index (κ3) is 3.52. The minimum Gasteiger partial charge on any atom is -0.389 e. The molecule has 0 radical (unpaired) electrons. The van der Waals surface area contributed by atoms with E-state index in [9.17, 15) is 9.18 Å². The van der Waals surface area contributed by atoms with E-state index in [-0.39, 0.29) is 23.5 Å². The molecule has 1 aromatic rings. The molecule has 0 bridgehead atoms. The monoisotopic (exact) mass is 296 g/mol. The Balaban J connectivity index is 1.94. The van der Waals surface area contributed by atoms with Crippen molar-refractivity contribution in [3.8, 4) is 0 Å². The molecule has 108 valence electrons. The van der Waals surface area contributed by atoms with Gasteiger partial charge in [-0.05, 0) is 25.8 Å². The zero-order valence-electron chi connectivity index (χ0n) is 11.2. The maximum atomic E-state index is 13.8. The summed E-state index contributed by atoms with van der Waals surface area (Å²) < 4.78 is 19.3. The number of nitrogens with two attached hydrogens (primary N) is 1. The van der Waals surface area contributed by atoms with Crippen LogP contribution in [0.15, 0.2) is 18.2 Å².